The third kappa shape index (κ3) is 5.70. The lowest BCUT2D eigenvalue weighted by Gasteiger charge is -2.39. The molecule has 2 aliphatic heterocycles. The lowest BCUT2D eigenvalue weighted by Crippen LogP contribution is -2.58. The van der Waals surface area contributed by atoms with Gasteiger partial charge in [0.25, 0.3) is 10.0 Å². The van der Waals surface area contributed by atoms with Crippen molar-refractivity contribution in [2.75, 3.05) is 32.8 Å². The lowest BCUT2D eigenvalue weighted by molar-refractivity contribution is -0.150. The van der Waals surface area contributed by atoms with Crippen molar-refractivity contribution in [1.29, 1.82) is 0 Å². The molecule has 2 fully saturated rings. The molecule has 39 heavy (non-hydrogen) atoms. The molecule has 0 radical (unpaired) electrons. The number of halogens is 1. The second kappa shape index (κ2) is 11.1. The fourth-order valence-electron chi connectivity index (χ4n) is 5.11. The molecule has 1 amide bonds. The molecule has 3 heterocycles. The molecular formula is C27H31ClN4O5S2. The van der Waals surface area contributed by atoms with Gasteiger partial charge in [0.2, 0.25) is 5.91 Å². The molecule has 3 aromatic rings. The summed E-state index contributed by atoms with van der Waals surface area (Å²) in [5, 5.41) is 8.15. The van der Waals surface area contributed by atoms with Gasteiger partial charge in [0.15, 0.2) is 0 Å². The van der Waals surface area contributed by atoms with Crippen molar-refractivity contribution in [3.8, 4) is 0 Å². The van der Waals surface area contributed by atoms with E-state index < -0.39 is 27.9 Å². The zero-order valence-electron chi connectivity index (χ0n) is 21.8. The highest BCUT2D eigenvalue weighted by molar-refractivity contribution is 7.91. The Bertz CT molecular complexity index is 1490. The molecule has 5 rings (SSSR count). The number of rotatable bonds is 8. The summed E-state index contributed by atoms with van der Waals surface area (Å²) < 4.78 is 34.6. The second-order valence-electron chi connectivity index (χ2n) is 9.82. The molecule has 0 spiro atoms. The van der Waals surface area contributed by atoms with Gasteiger partial charge in [0.05, 0.1) is 18.7 Å². The summed E-state index contributed by atoms with van der Waals surface area (Å²) in [6.45, 7) is 6.25. The van der Waals surface area contributed by atoms with Gasteiger partial charge in [-0.15, -0.1) is 11.3 Å². The van der Waals surface area contributed by atoms with E-state index in [1.165, 1.54) is 0 Å². The summed E-state index contributed by atoms with van der Waals surface area (Å²) in [5.74, 6) is -1.03. The van der Waals surface area contributed by atoms with Crippen molar-refractivity contribution in [3.05, 3.63) is 64.7 Å². The molecule has 2 N–H and O–H groups in total. The number of carbonyl (C=O) groups excluding carboxylic acids is 2. The van der Waals surface area contributed by atoms with Crippen LogP contribution in [0, 0.1) is 0 Å². The van der Waals surface area contributed by atoms with Crippen LogP contribution in [0.25, 0.3) is 10.1 Å². The number of piperazine rings is 1. The average Bonchev–Trinajstić information content (AvgIpc) is 3.54. The van der Waals surface area contributed by atoms with Gasteiger partial charge in [-0.1, -0.05) is 41.9 Å². The average molecular weight is 591 g/mol. The van der Waals surface area contributed by atoms with Crippen LogP contribution in [0.3, 0.4) is 0 Å². The van der Waals surface area contributed by atoms with Crippen LogP contribution < -0.4 is 10.6 Å². The summed E-state index contributed by atoms with van der Waals surface area (Å²) in [7, 11) is -4.06. The monoisotopic (exact) mass is 590 g/mol. The standard InChI is InChI=1S/C27H31ClN4O5S2/c1-3-37-24(33)16-22-26(34)31(17-18-4-7-20(8-5-18)27(2)29-10-11-30-27)12-13-32(22)39(35,36)25-14-19-6-9-21(28)15-23(19)38-25/h4-9,14-15,22,29-30H,3,10-13,16-17H2,1-2H3. The molecule has 2 aliphatic rings. The van der Waals surface area contributed by atoms with Crippen LogP contribution in [0.4, 0.5) is 0 Å². The first-order valence-corrected chi connectivity index (χ1v) is 15.5. The fourth-order valence-corrected chi connectivity index (χ4v) is 8.49. The van der Waals surface area contributed by atoms with Gasteiger partial charge in [-0.2, -0.15) is 4.31 Å². The van der Waals surface area contributed by atoms with Gasteiger partial charge in [0, 0.05) is 42.4 Å². The van der Waals surface area contributed by atoms with Crippen molar-refractivity contribution in [1.82, 2.24) is 19.8 Å². The topological polar surface area (TPSA) is 108 Å². The van der Waals surface area contributed by atoms with Crippen molar-refractivity contribution in [2.45, 2.75) is 42.7 Å². The van der Waals surface area contributed by atoms with Crippen LogP contribution in [0.1, 0.15) is 31.4 Å². The van der Waals surface area contributed by atoms with Crippen LogP contribution in [-0.4, -0.2) is 68.3 Å². The zero-order chi connectivity index (χ0) is 27.8. The molecule has 0 saturated carbocycles. The Morgan fingerprint density at radius 2 is 1.85 bits per heavy atom. The number of nitrogens with one attached hydrogen (secondary N) is 2. The van der Waals surface area contributed by atoms with E-state index >= 15 is 0 Å². The lowest BCUT2D eigenvalue weighted by atomic mass is 10.0. The Morgan fingerprint density at radius 3 is 2.54 bits per heavy atom. The Balaban J connectivity index is 1.38. The molecule has 1 atom stereocenters. The van der Waals surface area contributed by atoms with E-state index in [1.807, 2.05) is 24.3 Å². The maximum absolute atomic E-state index is 13.8. The maximum atomic E-state index is 13.8. The van der Waals surface area contributed by atoms with E-state index in [0.717, 1.165) is 49.9 Å². The first-order valence-electron chi connectivity index (χ1n) is 12.9. The first-order chi connectivity index (χ1) is 18.6. The number of ether oxygens (including phenoxy) is 1. The van der Waals surface area contributed by atoms with Crippen LogP contribution >= 0.6 is 22.9 Å². The van der Waals surface area contributed by atoms with E-state index in [4.69, 9.17) is 16.3 Å². The van der Waals surface area contributed by atoms with Gasteiger partial charge >= 0.3 is 5.97 Å². The van der Waals surface area contributed by atoms with Gasteiger partial charge in [-0.3, -0.25) is 20.2 Å². The number of hydrogen-bond acceptors (Lipinski definition) is 8. The molecular weight excluding hydrogens is 560 g/mol. The summed E-state index contributed by atoms with van der Waals surface area (Å²) in [6.07, 6.45) is -0.353. The minimum Gasteiger partial charge on any atom is -0.466 e. The molecule has 9 nitrogen and oxygen atoms in total. The minimum absolute atomic E-state index is 0.0666. The predicted molar refractivity (Wildman–Crippen MR) is 151 cm³/mol. The largest absolute Gasteiger partial charge is 0.466 e. The first kappa shape index (κ1) is 28.0. The number of esters is 1. The highest BCUT2D eigenvalue weighted by atomic mass is 35.5. The van der Waals surface area contributed by atoms with Gasteiger partial charge in [-0.25, -0.2) is 8.42 Å². The third-order valence-corrected chi connectivity index (χ3v) is 10.9. The fraction of sp³-hybridized carbons (Fsp3) is 0.407. The number of benzene rings is 2. The van der Waals surface area contributed by atoms with Crippen molar-refractivity contribution >= 4 is 54.9 Å². The minimum atomic E-state index is -4.06. The summed E-state index contributed by atoms with van der Waals surface area (Å²) in [4.78, 5) is 27.8. The Labute approximate surface area is 237 Å². The zero-order valence-corrected chi connectivity index (χ0v) is 24.2. The van der Waals surface area contributed by atoms with Crippen LogP contribution in [0.15, 0.2) is 52.7 Å². The third-order valence-electron chi connectivity index (χ3n) is 7.21. The molecule has 2 saturated heterocycles. The van der Waals surface area contributed by atoms with Gasteiger partial charge < -0.3 is 9.64 Å². The predicted octanol–water partition coefficient (Wildman–Crippen LogP) is 3.28. The highest BCUT2D eigenvalue weighted by Gasteiger charge is 2.43. The normalized spacial score (nSPS) is 20.0. The summed E-state index contributed by atoms with van der Waals surface area (Å²) in [6, 6.07) is 13.6. The Kier molecular flexibility index (Phi) is 8.01. The number of sulfonamides is 1. The van der Waals surface area contributed by atoms with Crippen LogP contribution in [0.2, 0.25) is 5.02 Å². The van der Waals surface area contributed by atoms with Crippen molar-refractivity contribution in [3.63, 3.8) is 0 Å². The SMILES string of the molecule is CCOC(=O)CC1C(=O)N(Cc2ccc(C3(C)NCCN3)cc2)CCN1S(=O)(=O)c1cc2ccc(Cl)cc2s1. The molecule has 2 aromatic carbocycles. The molecule has 208 valence electrons. The number of hydrogen-bond donors (Lipinski definition) is 2. The number of thiophene rings is 1. The second-order valence-corrected chi connectivity index (χ2v) is 13.5. The number of nitrogens with zero attached hydrogens (tertiary/aromatic N) is 2. The quantitative estimate of drug-likeness (QED) is 0.388. The van der Waals surface area contributed by atoms with Gasteiger partial charge in [-0.05, 0) is 48.6 Å². The van der Waals surface area contributed by atoms with E-state index in [0.29, 0.717) is 11.6 Å². The summed E-state index contributed by atoms with van der Waals surface area (Å²) in [5.41, 5.74) is 1.72. The molecule has 12 heteroatoms. The van der Waals surface area contributed by atoms with E-state index in [1.54, 1.807) is 36.1 Å². The molecule has 1 unspecified atom stereocenters. The molecule has 0 aliphatic carbocycles. The van der Waals surface area contributed by atoms with E-state index in [-0.39, 0.29) is 36.0 Å². The number of amides is 1. The maximum Gasteiger partial charge on any atom is 0.307 e. The Morgan fingerprint density at radius 1 is 1.13 bits per heavy atom. The number of carbonyl (C=O) groups is 2. The van der Waals surface area contributed by atoms with Gasteiger partial charge in [0.1, 0.15) is 10.3 Å². The smallest absolute Gasteiger partial charge is 0.307 e. The molecule has 0 bridgehead atoms. The van der Waals surface area contributed by atoms with Crippen molar-refractivity contribution in [2.24, 2.45) is 0 Å². The molecule has 1 aromatic heterocycles. The van der Waals surface area contributed by atoms with E-state index in [9.17, 15) is 18.0 Å². The van der Waals surface area contributed by atoms with E-state index in [2.05, 4.69) is 17.6 Å². The van der Waals surface area contributed by atoms with Crippen LogP contribution in [-0.2, 0) is 36.6 Å². The summed E-state index contributed by atoms with van der Waals surface area (Å²) >= 11 is 7.18. The Hall–Kier alpha value is -2.54. The van der Waals surface area contributed by atoms with Crippen molar-refractivity contribution < 1.29 is 22.7 Å². The highest BCUT2D eigenvalue weighted by Crippen LogP contribution is 2.35. The van der Waals surface area contributed by atoms with Crippen LogP contribution in [0.5, 0.6) is 0 Å². The number of fused-ring (bicyclic) bond motifs is 1.